The van der Waals surface area contributed by atoms with Gasteiger partial charge in [-0.2, -0.15) is 0 Å². The van der Waals surface area contributed by atoms with E-state index >= 15 is 0 Å². The van der Waals surface area contributed by atoms with Crippen LogP contribution in [0.5, 0.6) is 0 Å². The Balaban J connectivity index is 1.91. The number of nitrogens with zero attached hydrogens (tertiary/aromatic N) is 3. The summed E-state index contributed by atoms with van der Waals surface area (Å²) in [4.78, 5) is 8.87. The Morgan fingerprint density at radius 3 is 2.69 bits per heavy atom. The number of para-hydroxylation sites is 1. The van der Waals surface area contributed by atoms with Gasteiger partial charge in [-0.3, -0.25) is 9.38 Å². The van der Waals surface area contributed by atoms with Crippen molar-refractivity contribution in [3.8, 4) is 11.3 Å². The SMILES string of the molecule is CCc1cccc(C)c1Nc1c(-c2ccc(F)cc2)nc2cnccn12. The molecule has 4 nitrogen and oxygen atoms in total. The van der Waals surface area contributed by atoms with Gasteiger partial charge in [0.2, 0.25) is 0 Å². The lowest BCUT2D eigenvalue weighted by Crippen LogP contribution is -2.02. The van der Waals surface area contributed by atoms with E-state index in [1.165, 1.54) is 23.3 Å². The van der Waals surface area contributed by atoms with Gasteiger partial charge in [-0.25, -0.2) is 9.37 Å². The number of aromatic nitrogens is 3. The minimum absolute atomic E-state index is 0.263. The molecule has 0 bridgehead atoms. The molecule has 0 aliphatic carbocycles. The van der Waals surface area contributed by atoms with Crippen LogP contribution in [0.15, 0.2) is 61.1 Å². The van der Waals surface area contributed by atoms with Crippen LogP contribution in [-0.2, 0) is 6.42 Å². The molecule has 130 valence electrons. The Bertz CT molecular complexity index is 1070. The Labute approximate surface area is 151 Å². The number of hydrogen-bond donors (Lipinski definition) is 1. The van der Waals surface area contributed by atoms with Crippen molar-refractivity contribution in [2.24, 2.45) is 0 Å². The summed E-state index contributed by atoms with van der Waals surface area (Å²) in [5, 5.41) is 3.58. The van der Waals surface area contributed by atoms with E-state index in [0.717, 1.165) is 34.8 Å². The van der Waals surface area contributed by atoms with Gasteiger partial charge in [0.15, 0.2) is 5.65 Å². The van der Waals surface area contributed by atoms with Crippen LogP contribution >= 0.6 is 0 Å². The lowest BCUT2D eigenvalue weighted by Gasteiger charge is -2.15. The fourth-order valence-electron chi connectivity index (χ4n) is 3.16. The van der Waals surface area contributed by atoms with E-state index < -0.39 is 0 Å². The topological polar surface area (TPSA) is 42.2 Å². The van der Waals surface area contributed by atoms with Gasteiger partial charge in [0.05, 0.1) is 6.20 Å². The zero-order valence-electron chi connectivity index (χ0n) is 14.7. The summed E-state index contributed by atoms with van der Waals surface area (Å²) in [5.74, 6) is 0.582. The number of hydrogen-bond acceptors (Lipinski definition) is 3. The van der Waals surface area contributed by atoms with Gasteiger partial charge >= 0.3 is 0 Å². The lowest BCUT2D eigenvalue weighted by atomic mass is 10.1. The van der Waals surface area contributed by atoms with Crippen LogP contribution in [0.2, 0.25) is 0 Å². The van der Waals surface area contributed by atoms with Crippen molar-refractivity contribution in [3.05, 3.63) is 78.0 Å². The van der Waals surface area contributed by atoms with Crippen LogP contribution in [0.1, 0.15) is 18.1 Å². The summed E-state index contributed by atoms with van der Waals surface area (Å²) in [6.07, 6.45) is 6.25. The number of aryl methyl sites for hydroxylation is 2. The zero-order valence-corrected chi connectivity index (χ0v) is 14.7. The highest BCUT2D eigenvalue weighted by Crippen LogP contribution is 2.33. The third-order valence-electron chi connectivity index (χ3n) is 4.53. The smallest absolute Gasteiger partial charge is 0.157 e. The minimum atomic E-state index is -0.263. The number of fused-ring (bicyclic) bond motifs is 1. The molecule has 2 aromatic carbocycles. The molecule has 0 saturated carbocycles. The molecule has 0 aliphatic rings. The van der Waals surface area contributed by atoms with Crippen LogP contribution < -0.4 is 5.32 Å². The van der Waals surface area contributed by atoms with E-state index in [1.807, 2.05) is 10.6 Å². The quantitative estimate of drug-likeness (QED) is 0.556. The van der Waals surface area contributed by atoms with E-state index in [0.29, 0.717) is 0 Å². The van der Waals surface area contributed by atoms with Crippen molar-refractivity contribution in [1.82, 2.24) is 14.4 Å². The Hall–Kier alpha value is -3.21. The van der Waals surface area contributed by atoms with Gasteiger partial charge in [-0.1, -0.05) is 25.1 Å². The summed E-state index contributed by atoms with van der Waals surface area (Å²) < 4.78 is 15.3. The molecular weight excluding hydrogens is 327 g/mol. The fourth-order valence-corrected chi connectivity index (χ4v) is 3.16. The highest BCUT2D eigenvalue weighted by molar-refractivity contribution is 5.80. The predicted octanol–water partition coefficient (Wildman–Crippen LogP) is 5.15. The second-order valence-electron chi connectivity index (χ2n) is 6.21. The fraction of sp³-hybridized carbons (Fsp3) is 0.143. The number of imidazole rings is 1. The third kappa shape index (κ3) is 2.81. The van der Waals surface area contributed by atoms with Crippen molar-refractivity contribution in [3.63, 3.8) is 0 Å². The van der Waals surface area contributed by atoms with E-state index in [1.54, 1.807) is 24.5 Å². The second kappa shape index (κ2) is 6.59. The van der Waals surface area contributed by atoms with Crippen LogP contribution in [0.3, 0.4) is 0 Å². The number of halogens is 1. The van der Waals surface area contributed by atoms with Gasteiger partial charge in [-0.15, -0.1) is 0 Å². The molecule has 0 radical (unpaired) electrons. The van der Waals surface area contributed by atoms with Gasteiger partial charge in [-0.05, 0) is 48.7 Å². The second-order valence-corrected chi connectivity index (χ2v) is 6.21. The Morgan fingerprint density at radius 2 is 1.92 bits per heavy atom. The molecule has 26 heavy (non-hydrogen) atoms. The van der Waals surface area contributed by atoms with Crippen LogP contribution in [0.4, 0.5) is 15.9 Å². The molecule has 2 aromatic heterocycles. The van der Waals surface area contributed by atoms with E-state index in [-0.39, 0.29) is 5.82 Å². The number of rotatable bonds is 4. The maximum absolute atomic E-state index is 13.4. The Kier molecular flexibility index (Phi) is 4.13. The highest BCUT2D eigenvalue weighted by atomic mass is 19.1. The summed E-state index contributed by atoms with van der Waals surface area (Å²) >= 11 is 0. The minimum Gasteiger partial charge on any atom is -0.339 e. The molecule has 0 saturated heterocycles. The lowest BCUT2D eigenvalue weighted by molar-refractivity contribution is 0.628. The first-order valence-corrected chi connectivity index (χ1v) is 8.61. The molecule has 0 unspecified atom stereocenters. The molecule has 0 aliphatic heterocycles. The molecule has 0 spiro atoms. The van der Waals surface area contributed by atoms with Gasteiger partial charge < -0.3 is 5.32 Å². The highest BCUT2D eigenvalue weighted by Gasteiger charge is 2.16. The van der Waals surface area contributed by atoms with E-state index in [9.17, 15) is 4.39 Å². The maximum Gasteiger partial charge on any atom is 0.157 e. The van der Waals surface area contributed by atoms with Gasteiger partial charge in [0.25, 0.3) is 0 Å². The van der Waals surface area contributed by atoms with Crippen molar-refractivity contribution in [2.75, 3.05) is 5.32 Å². The standard InChI is InChI=1S/C21H19FN4/c1-3-15-6-4-5-14(2)19(15)25-21-20(16-7-9-17(22)10-8-16)24-18-13-23-11-12-26(18)21/h4-13,25H,3H2,1-2H3. The third-order valence-corrected chi connectivity index (χ3v) is 4.53. The largest absolute Gasteiger partial charge is 0.339 e. The Morgan fingerprint density at radius 1 is 1.12 bits per heavy atom. The first-order chi connectivity index (χ1) is 12.7. The average molecular weight is 346 g/mol. The summed E-state index contributed by atoms with van der Waals surface area (Å²) in [5.41, 5.74) is 5.84. The van der Waals surface area contributed by atoms with Crippen molar-refractivity contribution < 1.29 is 4.39 Å². The van der Waals surface area contributed by atoms with Crippen LogP contribution in [0.25, 0.3) is 16.9 Å². The van der Waals surface area contributed by atoms with E-state index in [4.69, 9.17) is 4.98 Å². The predicted molar refractivity (Wildman–Crippen MR) is 102 cm³/mol. The molecular formula is C21H19FN4. The molecule has 4 rings (SSSR count). The molecule has 2 heterocycles. The van der Waals surface area contributed by atoms with Gasteiger partial charge in [0.1, 0.15) is 17.3 Å². The molecule has 5 heteroatoms. The van der Waals surface area contributed by atoms with E-state index in [2.05, 4.69) is 42.3 Å². The summed E-state index contributed by atoms with van der Waals surface area (Å²) in [6, 6.07) is 12.7. The molecule has 0 amide bonds. The van der Waals surface area contributed by atoms with Crippen molar-refractivity contribution in [1.29, 1.82) is 0 Å². The summed E-state index contributed by atoms with van der Waals surface area (Å²) in [6.45, 7) is 4.23. The first kappa shape index (κ1) is 16.3. The van der Waals surface area contributed by atoms with Gasteiger partial charge in [0, 0.05) is 23.6 Å². The van der Waals surface area contributed by atoms with Crippen molar-refractivity contribution >= 4 is 17.2 Å². The zero-order chi connectivity index (χ0) is 18.1. The number of nitrogens with one attached hydrogen (secondary N) is 1. The monoisotopic (exact) mass is 346 g/mol. The number of benzene rings is 2. The maximum atomic E-state index is 13.4. The molecule has 0 atom stereocenters. The molecule has 1 N–H and O–H groups in total. The van der Waals surface area contributed by atoms with Crippen molar-refractivity contribution in [2.45, 2.75) is 20.3 Å². The molecule has 0 fully saturated rings. The van der Waals surface area contributed by atoms with Crippen LogP contribution in [0, 0.1) is 12.7 Å². The number of anilines is 2. The van der Waals surface area contributed by atoms with Crippen LogP contribution in [-0.4, -0.2) is 14.4 Å². The summed E-state index contributed by atoms with van der Waals surface area (Å²) in [7, 11) is 0. The normalized spacial score (nSPS) is 11.0. The molecule has 4 aromatic rings. The first-order valence-electron chi connectivity index (χ1n) is 8.61. The average Bonchev–Trinajstić information content (AvgIpc) is 3.02.